The SMILES string of the molecule is C=N/C(=N\C=C/C)Oc1cc(Cn2c(C(=O)OCC)cc3ccc(C(=N)N)cc32)c2ccccc2c1. The molecular formula is C28H27N5O3. The number of carbonyl (C=O) groups excluding carboxylic acids is 1. The number of ether oxygens (including phenoxy) is 2. The summed E-state index contributed by atoms with van der Waals surface area (Å²) in [7, 11) is 0. The first-order valence-corrected chi connectivity index (χ1v) is 11.4. The summed E-state index contributed by atoms with van der Waals surface area (Å²) in [4.78, 5) is 20.9. The average molecular weight is 482 g/mol. The predicted octanol–water partition coefficient (Wildman–Crippen LogP) is 5.27. The lowest BCUT2D eigenvalue weighted by Gasteiger charge is -2.15. The number of nitrogens with one attached hydrogen (secondary N) is 1. The van der Waals surface area contributed by atoms with E-state index in [2.05, 4.69) is 16.7 Å². The summed E-state index contributed by atoms with van der Waals surface area (Å²) in [5.74, 6) is 0.0670. The number of benzene rings is 3. The smallest absolute Gasteiger partial charge is 0.354 e. The minimum absolute atomic E-state index is 0.0481. The lowest BCUT2D eigenvalue weighted by atomic mass is 10.0. The second kappa shape index (κ2) is 10.7. The molecule has 0 amide bonds. The number of hydrogen-bond acceptors (Lipinski definition) is 5. The Hall–Kier alpha value is -4.72. The summed E-state index contributed by atoms with van der Waals surface area (Å²) < 4.78 is 13.1. The van der Waals surface area contributed by atoms with Gasteiger partial charge in [-0.3, -0.25) is 5.41 Å². The van der Waals surface area contributed by atoms with E-state index >= 15 is 0 Å². The lowest BCUT2D eigenvalue weighted by Crippen LogP contribution is -2.14. The molecule has 1 heterocycles. The first-order valence-electron chi connectivity index (χ1n) is 11.4. The topological polar surface area (TPSA) is 115 Å². The molecule has 0 saturated carbocycles. The second-order valence-electron chi connectivity index (χ2n) is 7.98. The molecule has 0 spiro atoms. The van der Waals surface area contributed by atoms with Gasteiger partial charge in [0.05, 0.1) is 6.61 Å². The zero-order valence-corrected chi connectivity index (χ0v) is 20.2. The summed E-state index contributed by atoms with van der Waals surface area (Å²) in [6.45, 7) is 7.76. The van der Waals surface area contributed by atoms with Crippen molar-refractivity contribution in [3.63, 3.8) is 0 Å². The standard InChI is InChI=1S/C28H27N5O3/c1-4-12-32-28(31-3)36-22-13-18-8-6-7-9-23(18)21(14-22)17-33-24-16-20(26(29)30)11-10-19(24)15-25(33)27(34)35-5-2/h4,6-16H,3,5,17H2,1-2H3,(H3,29,30)/b12-4-,32-28+. The van der Waals surface area contributed by atoms with Crippen molar-refractivity contribution in [2.24, 2.45) is 15.7 Å². The van der Waals surface area contributed by atoms with E-state index in [1.807, 2.05) is 60.0 Å². The van der Waals surface area contributed by atoms with Gasteiger partial charge in [-0.05, 0) is 61.2 Å². The molecule has 3 aromatic carbocycles. The fourth-order valence-corrected chi connectivity index (χ4v) is 4.03. The van der Waals surface area contributed by atoms with Crippen molar-refractivity contribution in [2.45, 2.75) is 20.4 Å². The van der Waals surface area contributed by atoms with E-state index in [1.54, 1.807) is 31.3 Å². The summed E-state index contributed by atoms with van der Waals surface area (Å²) in [6, 6.07) is 19.1. The van der Waals surface area contributed by atoms with Crippen LogP contribution in [0, 0.1) is 5.41 Å². The van der Waals surface area contributed by atoms with Gasteiger partial charge in [0.1, 0.15) is 17.3 Å². The molecule has 0 saturated heterocycles. The van der Waals surface area contributed by atoms with E-state index in [1.165, 1.54) is 0 Å². The molecule has 1 aromatic heterocycles. The number of allylic oxidation sites excluding steroid dienone is 1. The van der Waals surface area contributed by atoms with Gasteiger partial charge in [-0.25, -0.2) is 14.8 Å². The summed E-state index contributed by atoms with van der Waals surface area (Å²) in [5.41, 5.74) is 8.40. The maximum Gasteiger partial charge on any atom is 0.354 e. The van der Waals surface area contributed by atoms with E-state index < -0.39 is 5.97 Å². The van der Waals surface area contributed by atoms with Crippen LogP contribution in [0.5, 0.6) is 5.75 Å². The minimum atomic E-state index is -0.425. The lowest BCUT2D eigenvalue weighted by molar-refractivity contribution is 0.0515. The summed E-state index contributed by atoms with van der Waals surface area (Å²) >= 11 is 0. The highest BCUT2D eigenvalue weighted by Crippen LogP contribution is 2.30. The van der Waals surface area contributed by atoms with Crippen LogP contribution in [-0.2, 0) is 11.3 Å². The van der Waals surface area contributed by atoms with Gasteiger partial charge in [-0.15, -0.1) is 0 Å². The van der Waals surface area contributed by atoms with Crippen molar-refractivity contribution in [2.75, 3.05) is 6.61 Å². The van der Waals surface area contributed by atoms with Gasteiger partial charge in [-0.1, -0.05) is 42.5 Å². The Kier molecular flexibility index (Phi) is 7.25. The molecule has 0 radical (unpaired) electrons. The van der Waals surface area contributed by atoms with Crippen LogP contribution in [0.2, 0.25) is 0 Å². The molecule has 0 aliphatic rings. The molecule has 36 heavy (non-hydrogen) atoms. The van der Waals surface area contributed by atoms with E-state index in [4.69, 9.17) is 20.6 Å². The van der Waals surface area contributed by atoms with Gasteiger partial charge < -0.3 is 19.8 Å². The predicted molar refractivity (Wildman–Crippen MR) is 144 cm³/mol. The van der Waals surface area contributed by atoms with Crippen molar-refractivity contribution in [3.05, 3.63) is 89.8 Å². The molecule has 0 aliphatic heterocycles. The van der Waals surface area contributed by atoms with Crippen LogP contribution in [0.15, 0.2) is 82.9 Å². The quantitative estimate of drug-likeness (QED) is 0.212. The fourth-order valence-electron chi connectivity index (χ4n) is 4.03. The van der Waals surface area contributed by atoms with Crippen LogP contribution < -0.4 is 10.5 Å². The summed E-state index contributed by atoms with van der Waals surface area (Å²) in [6.07, 6.45) is 3.35. The molecule has 8 nitrogen and oxygen atoms in total. The Bertz CT molecular complexity index is 1530. The maximum absolute atomic E-state index is 12.9. The van der Waals surface area contributed by atoms with Gasteiger partial charge in [-0.2, -0.15) is 0 Å². The highest BCUT2D eigenvalue weighted by Gasteiger charge is 2.19. The molecule has 0 fully saturated rings. The first-order chi connectivity index (χ1) is 17.4. The number of aromatic nitrogens is 1. The maximum atomic E-state index is 12.9. The molecular weight excluding hydrogens is 454 g/mol. The molecule has 4 rings (SSSR count). The Balaban J connectivity index is 1.89. The number of fused-ring (bicyclic) bond motifs is 2. The van der Waals surface area contributed by atoms with Crippen LogP contribution in [0.4, 0.5) is 0 Å². The number of esters is 1. The van der Waals surface area contributed by atoms with E-state index in [0.717, 1.165) is 27.2 Å². The van der Waals surface area contributed by atoms with E-state index in [9.17, 15) is 4.79 Å². The number of rotatable bonds is 7. The number of hydrogen-bond donors (Lipinski definition) is 2. The van der Waals surface area contributed by atoms with Gasteiger partial charge in [0.2, 0.25) is 0 Å². The Morgan fingerprint density at radius 2 is 1.94 bits per heavy atom. The Morgan fingerprint density at radius 1 is 1.14 bits per heavy atom. The number of nitrogens with two attached hydrogens (primary N) is 1. The van der Waals surface area contributed by atoms with Crippen molar-refractivity contribution < 1.29 is 14.3 Å². The third kappa shape index (κ3) is 5.02. The summed E-state index contributed by atoms with van der Waals surface area (Å²) in [5, 5.41) is 10.7. The van der Waals surface area contributed by atoms with Crippen molar-refractivity contribution in [3.8, 4) is 5.75 Å². The van der Waals surface area contributed by atoms with Gasteiger partial charge in [0, 0.05) is 29.2 Å². The molecule has 0 bridgehead atoms. The fraction of sp³-hybridized carbons (Fsp3) is 0.143. The Labute approximate surface area is 208 Å². The molecule has 0 unspecified atom stereocenters. The van der Waals surface area contributed by atoms with Crippen LogP contribution in [0.1, 0.15) is 35.5 Å². The Morgan fingerprint density at radius 3 is 2.67 bits per heavy atom. The molecule has 182 valence electrons. The number of aliphatic imine (C=N–C) groups is 2. The van der Waals surface area contributed by atoms with Gasteiger partial charge >= 0.3 is 12.0 Å². The van der Waals surface area contributed by atoms with Crippen LogP contribution in [0.3, 0.4) is 0 Å². The molecule has 4 aromatic rings. The van der Waals surface area contributed by atoms with Crippen molar-refractivity contribution >= 4 is 46.2 Å². The van der Waals surface area contributed by atoms with Crippen LogP contribution in [0.25, 0.3) is 21.7 Å². The average Bonchev–Trinajstić information content (AvgIpc) is 3.24. The zero-order valence-electron chi connectivity index (χ0n) is 20.2. The van der Waals surface area contributed by atoms with Crippen LogP contribution >= 0.6 is 0 Å². The largest absolute Gasteiger partial charge is 0.461 e. The van der Waals surface area contributed by atoms with E-state index in [-0.39, 0.29) is 18.5 Å². The molecule has 3 N–H and O–H groups in total. The number of nitrogen functional groups attached to an aromatic ring is 1. The normalized spacial score (nSPS) is 11.8. The van der Waals surface area contributed by atoms with Crippen molar-refractivity contribution in [1.29, 1.82) is 5.41 Å². The first kappa shape index (κ1) is 24.4. The molecule has 0 aliphatic carbocycles. The van der Waals surface area contributed by atoms with E-state index in [0.29, 0.717) is 23.6 Å². The monoisotopic (exact) mass is 481 g/mol. The van der Waals surface area contributed by atoms with Crippen LogP contribution in [-0.4, -0.2) is 35.7 Å². The third-order valence-corrected chi connectivity index (χ3v) is 5.63. The number of carbonyl (C=O) groups is 1. The third-order valence-electron chi connectivity index (χ3n) is 5.63. The second-order valence-corrected chi connectivity index (χ2v) is 7.98. The van der Waals surface area contributed by atoms with Gasteiger partial charge in [0.15, 0.2) is 0 Å². The van der Waals surface area contributed by atoms with Gasteiger partial charge in [0.25, 0.3) is 0 Å². The molecule has 8 heteroatoms. The zero-order chi connectivity index (χ0) is 25.7. The number of amidine groups is 2. The van der Waals surface area contributed by atoms with Crippen molar-refractivity contribution in [1.82, 2.24) is 4.57 Å². The highest BCUT2D eigenvalue weighted by molar-refractivity contribution is 6.01. The molecule has 0 atom stereocenters. The minimum Gasteiger partial charge on any atom is -0.461 e. The number of nitrogens with zero attached hydrogens (tertiary/aromatic N) is 3. The highest BCUT2D eigenvalue weighted by atomic mass is 16.5.